The van der Waals surface area contributed by atoms with Crippen LogP contribution < -0.4 is 0 Å². The molecule has 5 heteroatoms. The van der Waals surface area contributed by atoms with E-state index < -0.39 is 24.4 Å². The predicted octanol–water partition coefficient (Wildman–Crippen LogP) is -1.62. The molecule has 0 aliphatic rings. The monoisotopic (exact) mass is 182 g/mol. The zero-order valence-electron chi connectivity index (χ0n) is 6.25. The molecular weight excluding hydrogens is 168 g/mol. The lowest BCUT2D eigenvalue weighted by Gasteiger charge is -2.23. The summed E-state index contributed by atoms with van der Waals surface area (Å²) in [5, 5.41) is 35.8. The van der Waals surface area contributed by atoms with Crippen LogP contribution in [0.2, 0.25) is 0 Å². The first kappa shape index (κ1) is 11.2. The first-order valence-electron chi connectivity index (χ1n) is 3.33. The molecule has 0 fully saturated rings. The van der Waals surface area contributed by atoms with Crippen molar-refractivity contribution in [3.63, 3.8) is 0 Å². The number of thiol groups is 1. The number of aliphatic hydroxyl groups is 4. The molecule has 0 spiro atoms. The van der Waals surface area contributed by atoms with Gasteiger partial charge in [0.2, 0.25) is 0 Å². The van der Waals surface area contributed by atoms with Crippen molar-refractivity contribution in [2.24, 2.45) is 0 Å². The third-order valence-electron chi connectivity index (χ3n) is 1.43. The minimum absolute atomic E-state index is 0.0466. The molecule has 0 rings (SSSR count). The highest BCUT2D eigenvalue weighted by molar-refractivity contribution is 7.80. The summed E-state index contributed by atoms with van der Waals surface area (Å²) >= 11 is 3.72. The van der Waals surface area contributed by atoms with Gasteiger partial charge in [-0.15, -0.1) is 0 Å². The van der Waals surface area contributed by atoms with Crippen LogP contribution >= 0.6 is 12.6 Å². The van der Waals surface area contributed by atoms with Gasteiger partial charge in [0, 0.05) is 5.75 Å². The van der Waals surface area contributed by atoms with E-state index in [1.165, 1.54) is 6.92 Å². The molecule has 0 aliphatic heterocycles. The second-order valence-corrected chi connectivity index (χ2v) is 2.84. The van der Waals surface area contributed by atoms with Crippen LogP contribution in [0.15, 0.2) is 0 Å². The lowest BCUT2D eigenvalue weighted by molar-refractivity contribution is -0.0933. The van der Waals surface area contributed by atoms with E-state index in [-0.39, 0.29) is 5.75 Å². The minimum Gasteiger partial charge on any atom is -0.391 e. The van der Waals surface area contributed by atoms with E-state index >= 15 is 0 Å². The fraction of sp³-hybridized carbons (Fsp3) is 1.00. The van der Waals surface area contributed by atoms with Crippen molar-refractivity contribution in [1.82, 2.24) is 0 Å². The summed E-state index contributed by atoms with van der Waals surface area (Å²) in [4.78, 5) is 0. The maximum atomic E-state index is 9.05. The van der Waals surface area contributed by atoms with E-state index in [9.17, 15) is 0 Å². The lowest BCUT2D eigenvalue weighted by atomic mass is 10.1. The standard InChI is InChI=1S/C6H14O4S/c1-3(7)5(9)6(10)4(8)2-11/h3-11H,2H2,1H3/t3-,4+,5+,6-/m1/s1. The van der Waals surface area contributed by atoms with Gasteiger partial charge >= 0.3 is 0 Å². The van der Waals surface area contributed by atoms with E-state index in [1.54, 1.807) is 0 Å². The highest BCUT2D eigenvalue weighted by Crippen LogP contribution is 2.05. The number of hydrogen-bond donors (Lipinski definition) is 5. The van der Waals surface area contributed by atoms with Crippen molar-refractivity contribution in [2.75, 3.05) is 5.75 Å². The summed E-state index contributed by atoms with van der Waals surface area (Å²) in [6.45, 7) is 1.33. The summed E-state index contributed by atoms with van der Waals surface area (Å²) in [6, 6.07) is 0. The Kier molecular flexibility index (Phi) is 5.03. The Bertz CT molecular complexity index is 109. The average Bonchev–Trinajstić information content (AvgIpc) is 2.00. The zero-order valence-corrected chi connectivity index (χ0v) is 7.15. The van der Waals surface area contributed by atoms with Crippen molar-refractivity contribution in [2.45, 2.75) is 31.3 Å². The Morgan fingerprint density at radius 1 is 1.09 bits per heavy atom. The van der Waals surface area contributed by atoms with Crippen LogP contribution in [0.4, 0.5) is 0 Å². The maximum absolute atomic E-state index is 9.05. The van der Waals surface area contributed by atoms with Crippen LogP contribution in [0, 0.1) is 0 Å². The topological polar surface area (TPSA) is 80.9 Å². The predicted molar refractivity (Wildman–Crippen MR) is 43.6 cm³/mol. The Morgan fingerprint density at radius 2 is 1.55 bits per heavy atom. The van der Waals surface area contributed by atoms with Crippen LogP contribution in [-0.4, -0.2) is 50.6 Å². The van der Waals surface area contributed by atoms with Gasteiger partial charge in [0.1, 0.15) is 12.2 Å². The van der Waals surface area contributed by atoms with E-state index in [1.807, 2.05) is 0 Å². The molecule has 4 N–H and O–H groups in total. The molecular formula is C6H14O4S. The molecule has 0 aromatic rings. The van der Waals surface area contributed by atoms with Gasteiger partial charge in [0.25, 0.3) is 0 Å². The Morgan fingerprint density at radius 3 is 1.82 bits per heavy atom. The molecule has 0 unspecified atom stereocenters. The van der Waals surface area contributed by atoms with Crippen molar-refractivity contribution in [3.8, 4) is 0 Å². The molecule has 0 saturated heterocycles. The Labute approximate surface area is 70.9 Å². The Balaban J connectivity index is 3.90. The molecule has 0 aromatic heterocycles. The molecule has 68 valence electrons. The van der Waals surface area contributed by atoms with Gasteiger partial charge in [-0.05, 0) is 6.92 Å². The molecule has 0 aliphatic carbocycles. The number of hydrogen-bond acceptors (Lipinski definition) is 5. The van der Waals surface area contributed by atoms with Crippen LogP contribution in [0.1, 0.15) is 6.92 Å². The quantitative estimate of drug-likeness (QED) is 0.338. The minimum atomic E-state index is -1.34. The molecule has 0 heterocycles. The fourth-order valence-electron chi connectivity index (χ4n) is 0.621. The summed E-state index contributed by atoms with van der Waals surface area (Å²) in [6.07, 6.45) is -4.83. The summed E-state index contributed by atoms with van der Waals surface area (Å²) in [7, 11) is 0. The maximum Gasteiger partial charge on any atom is 0.109 e. The van der Waals surface area contributed by atoms with Gasteiger partial charge in [-0.3, -0.25) is 0 Å². The molecule has 4 nitrogen and oxygen atoms in total. The second-order valence-electron chi connectivity index (χ2n) is 2.47. The summed E-state index contributed by atoms with van der Waals surface area (Å²) < 4.78 is 0. The largest absolute Gasteiger partial charge is 0.391 e. The first-order valence-corrected chi connectivity index (χ1v) is 3.97. The number of aliphatic hydroxyl groups excluding tert-OH is 4. The average molecular weight is 182 g/mol. The molecule has 0 aromatic carbocycles. The Hall–Kier alpha value is 0.190. The molecule has 0 radical (unpaired) electrons. The van der Waals surface area contributed by atoms with E-state index in [0.717, 1.165) is 0 Å². The normalized spacial score (nSPS) is 22.4. The molecule has 11 heavy (non-hydrogen) atoms. The van der Waals surface area contributed by atoms with E-state index in [4.69, 9.17) is 20.4 Å². The lowest BCUT2D eigenvalue weighted by Crippen LogP contribution is -2.44. The van der Waals surface area contributed by atoms with Gasteiger partial charge in [0.05, 0.1) is 12.2 Å². The fourth-order valence-corrected chi connectivity index (χ4v) is 0.837. The summed E-state index contributed by atoms with van der Waals surface area (Å²) in [5.74, 6) is 0.0466. The van der Waals surface area contributed by atoms with Crippen LogP contribution in [0.3, 0.4) is 0 Å². The molecule has 0 saturated carbocycles. The summed E-state index contributed by atoms with van der Waals surface area (Å²) in [5.41, 5.74) is 0. The third-order valence-corrected chi connectivity index (χ3v) is 1.80. The van der Waals surface area contributed by atoms with Crippen molar-refractivity contribution in [3.05, 3.63) is 0 Å². The van der Waals surface area contributed by atoms with Gasteiger partial charge in [-0.2, -0.15) is 12.6 Å². The van der Waals surface area contributed by atoms with Crippen LogP contribution in [0.25, 0.3) is 0 Å². The smallest absolute Gasteiger partial charge is 0.109 e. The molecule has 0 bridgehead atoms. The van der Waals surface area contributed by atoms with Crippen LogP contribution in [-0.2, 0) is 0 Å². The molecule has 0 amide bonds. The van der Waals surface area contributed by atoms with E-state index in [0.29, 0.717) is 0 Å². The van der Waals surface area contributed by atoms with Crippen molar-refractivity contribution >= 4 is 12.6 Å². The van der Waals surface area contributed by atoms with Gasteiger partial charge < -0.3 is 20.4 Å². The van der Waals surface area contributed by atoms with Crippen molar-refractivity contribution < 1.29 is 20.4 Å². The highest BCUT2D eigenvalue weighted by atomic mass is 32.1. The van der Waals surface area contributed by atoms with Crippen molar-refractivity contribution in [1.29, 1.82) is 0 Å². The van der Waals surface area contributed by atoms with Gasteiger partial charge in [-0.1, -0.05) is 0 Å². The SMILES string of the molecule is C[C@@H](O)[C@H](O)[C@H](O)[C@@H](O)CS. The van der Waals surface area contributed by atoms with Crippen LogP contribution in [0.5, 0.6) is 0 Å². The van der Waals surface area contributed by atoms with Gasteiger partial charge in [-0.25, -0.2) is 0 Å². The zero-order chi connectivity index (χ0) is 9.02. The second kappa shape index (κ2) is 4.95. The third kappa shape index (κ3) is 3.39. The van der Waals surface area contributed by atoms with Gasteiger partial charge in [0.15, 0.2) is 0 Å². The van der Waals surface area contributed by atoms with E-state index in [2.05, 4.69) is 12.6 Å². The first-order chi connectivity index (χ1) is 5.00. The number of rotatable bonds is 4. The molecule has 4 atom stereocenters. The highest BCUT2D eigenvalue weighted by Gasteiger charge is 2.26.